The van der Waals surface area contributed by atoms with Crippen molar-refractivity contribution >= 4 is 72.8 Å². The number of carboxylic acids is 1. The van der Waals surface area contributed by atoms with Crippen LogP contribution in [0.4, 0.5) is 16.6 Å². The Morgan fingerprint density at radius 1 is 0.824 bits per heavy atom. The predicted molar refractivity (Wildman–Crippen MR) is 288 cm³/mol. The zero-order valence-corrected chi connectivity index (χ0v) is 42.6. The summed E-state index contributed by atoms with van der Waals surface area (Å²) in [6.45, 7) is 9.94. The molecule has 3 saturated heterocycles. The molecule has 7 aromatic rings. The van der Waals surface area contributed by atoms with E-state index in [-0.39, 0.29) is 23.4 Å². The molecular weight excluding hydrogens is 953 g/mol. The lowest BCUT2D eigenvalue weighted by molar-refractivity contribution is -0.134. The number of fused-ring (bicyclic) bond motifs is 3. The van der Waals surface area contributed by atoms with Crippen LogP contribution in [0.2, 0.25) is 0 Å². The van der Waals surface area contributed by atoms with Crippen molar-refractivity contribution in [1.29, 1.82) is 0 Å². The van der Waals surface area contributed by atoms with Crippen molar-refractivity contribution in [3.05, 3.63) is 136 Å². The average molecular weight is 1020 g/mol. The first-order chi connectivity index (χ1) is 36.1. The van der Waals surface area contributed by atoms with Gasteiger partial charge < -0.3 is 24.5 Å². The summed E-state index contributed by atoms with van der Waals surface area (Å²) in [6.07, 6.45) is 6.15. The Hall–Kier alpha value is -7.21. The van der Waals surface area contributed by atoms with Gasteiger partial charge in [0.1, 0.15) is 11.6 Å². The Balaban J connectivity index is 0.596. The van der Waals surface area contributed by atoms with Gasteiger partial charge in [-0.3, -0.25) is 34.6 Å². The van der Waals surface area contributed by atoms with Gasteiger partial charge in [0.25, 0.3) is 5.91 Å². The number of benzene rings is 4. The minimum absolute atomic E-state index is 0.0444. The Bertz CT molecular complexity index is 3180. The van der Waals surface area contributed by atoms with E-state index in [1.54, 1.807) is 0 Å². The molecule has 3 aromatic heterocycles. The number of carboxylic acid groups (broad SMARTS) is 1. The minimum Gasteiger partial charge on any atom is -0.494 e. The fourth-order valence-electron chi connectivity index (χ4n) is 11.2. The van der Waals surface area contributed by atoms with Gasteiger partial charge in [0.2, 0.25) is 11.8 Å². The zero-order valence-electron chi connectivity index (χ0n) is 41.8. The third-order valence-corrected chi connectivity index (χ3v) is 16.4. The number of hydrogen-bond donors (Lipinski definition) is 3. The van der Waals surface area contributed by atoms with Gasteiger partial charge in [-0.2, -0.15) is 5.10 Å². The molecule has 4 aromatic carbocycles. The lowest BCUT2D eigenvalue weighted by atomic mass is 9.90. The highest BCUT2D eigenvalue weighted by atomic mass is 32.1. The Morgan fingerprint density at radius 3 is 2.41 bits per heavy atom. The van der Waals surface area contributed by atoms with Crippen molar-refractivity contribution in [2.24, 2.45) is 13.0 Å². The molecule has 0 aliphatic carbocycles. The minimum atomic E-state index is -1.06. The maximum Gasteiger partial charge on any atom is 0.354 e. The van der Waals surface area contributed by atoms with Crippen LogP contribution in [0.15, 0.2) is 97.1 Å². The number of piperidine rings is 2. The maximum absolute atomic E-state index is 13.6. The van der Waals surface area contributed by atoms with Gasteiger partial charge >= 0.3 is 5.97 Å². The number of piperazine rings is 1. The third kappa shape index (κ3) is 10.9. The zero-order chi connectivity index (χ0) is 50.7. The summed E-state index contributed by atoms with van der Waals surface area (Å²) in [6, 6.07) is 32.2. The Morgan fingerprint density at radius 2 is 1.62 bits per heavy atom. The van der Waals surface area contributed by atoms with E-state index in [2.05, 4.69) is 65.6 Å². The molecule has 1 atom stereocenters. The first-order valence-corrected chi connectivity index (χ1v) is 26.9. The fourth-order valence-corrected chi connectivity index (χ4v) is 12.1. The van der Waals surface area contributed by atoms with Crippen LogP contribution in [0.5, 0.6) is 5.75 Å². The van der Waals surface area contributed by atoms with Crippen LogP contribution in [0.3, 0.4) is 0 Å². The van der Waals surface area contributed by atoms with Crippen LogP contribution in [0.1, 0.15) is 86.8 Å². The molecule has 74 heavy (non-hydrogen) atoms. The van der Waals surface area contributed by atoms with E-state index < -0.39 is 11.9 Å². The SMILES string of the molecule is Cn1nc(C2CCC(=O)NC2=O)c2ccc(N3CCN(CCN4CCC(Cc5ccc(OCCCc6ccc(N7CCc8cccc(C(=O)Nc9nc%10ccccc%10s9)c8C7)nc6C(=O)O)cc5)CC4)CC3)cc21. The number of aryl methyl sites for hydroxylation is 2. The number of likely N-dealkylation sites (tertiary alicyclic amines) is 1. The lowest BCUT2D eigenvalue weighted by Gasteiger charge is -2.38. The molecule has 4 aliphatic heterocycles. The number of thiazole rings is 1. The molecule has 0 spiro atoms. The van der Waals surface area contributed by atoms with Crippen molar-refractivity contribution < 1.29 is 29.0 Å². The quantitative estimate of drug-likeness (QED) is 0.0635. The topological polar surface area (TPSA) is 178 Å². The number of carbonyl (C=O) groups excluding carboxylic acids is 3. The van der Waals surface area contributed by atoms with Gasteiger partial charge in [0.05, 0.1) is 34.0 Å². The number of nitrogens with one attached hydrogen (secondary N) is 2. The predicted octanol–water partition coefficient (Wildman–Crippen LogP) is 7.70. The van der Waals surface area contributed by atoms with E-state index in [9.17, 15) is 24.3 Å². The number of aromatic nitrogens is 4. The van der Waals surface area contributed by atoms with Crippen molar-refractivity contribution in [3.8, 4) is 5.75 Å². The molecule has 7 heterocycles. The molecule has 3 amide bonds. The second-order valence-electron chi connectivity index (χ2n) is 20.2. The Kier molecular flexibility index (Phi) is 14.4. The molecular formula is C57H62N10O6S. The van der Waals surface area contributed by atoms with Crippen molar-refractivity contribution in [2.45, 2.75) is 63.8 Å². The summed E-state index contributed by atoms with van der Waals surface area (Å²) in [4.78, 5) is 69.3. The monoisotopic (exact) mass is 1010 g/mol. The summed E-state index contributed by atoms with van der Waals surface area (Å²) in [5.41, 5.74) is 8.39. The van der Waals surface area contributed by atoms with Crippen molar-refractivity contribution in [2.75, 3.05) is 80.6 Å². The van der Waals surface area contributed by atoms with Gasteiger partial charge in [0.15, 0.2) is 10.8 Å². The molecule has 3 fully saturated rings. The molecule has 0 saturated carbocycles. The molecule has 0 bridgehead atoms. The summed E-state index contributed by atoms with van der Waals surface area (Å²) >= 11 is 1.44. The second-order valence-corrected chi connectivity index (χ2v) is 21.2. The highest BCUT2D eigenvalue weighted by molar-refractivity contribution is 7.22. The van der Waals surface area contributed by atoms with Crippen LogP contribution in [-0.2, 0) is 42.4 Å². The molecule has 11 rings (SSSR count). The van der Waals surface area contributed by atoms with Crippen molar-refractivity contribution in [3.63, 3.8) is 0 Å². The van der Waals surface area contributed by atoms with Gasteiger partial charge in [-0.1, -0.05) is 53.8 Å². The molecule has 3 N–H and O–H groups in total. The first kappa shape index (κ1) is 49.0. The smallest absolute Gasteiger partial charge is 0.354 e. The summed E-state index contributed by atoms with van der Waals surface area (Å²) in [5, 5.41) is 21.9. The number of imide groups is 1. The Labute approximate surface area is 434 Å². The highest BCUT2D eigenvalue weighted by Gasteiger charge is 2.32. The molecule has 382 valence electrons. The summed E-state index contributed by atoms with van der Waals surface area (Å²) in [7, 11) is 1.92. The van der Waals surface area contributed by atoms with Gasteiger partial charge in [-0.15, -0.1) is 0 Å². The molecule has 4 aliphatic rings. The fraction of sp³-hybridized carbons (Fsp3) is 0.386. The largest absolute Gasteiger partial charge is 0.494 e. The van der Waals surface area contributed by atoms with Crippen LogP contribution < -0.4 is 25.2 Å². The van der Waals surface area contributed by atoms with E-state index in [0.717, 1.165) is 102 Å². The first-order valence-electron chi connectivity index (χ1n) is 26.1. The van der Waals surface area contributed by atoms with E-state index in [1.807, 2.05) is 83.4 Å². The number of hydrogen-bond acceptors (Lipinski definition) is 13. The number of carbonyl (C=O) groups is 4. The van der Waals surface area contributed by atoms with E-state index >= 15 is 0 Å². The number of nitrogens with zero attached hydrogens (tertiary/aromatic N) is 8. The molecule has 0 radical (unpaired) electrons. The number of ether oxygens (including phenoxy) is 1. The normalized spacial score (nSPS) is 17.9. The second kappa shape index (κ2) is 21.7. The van der Waals surface area contributed by atoms with Crippen LogP contribution in [0.25, 0.3) is 21.1 Å². The summed E-state index contributed by atoms with van der Waals surface area (Å²) < 4.78 is 8.99. The number of anilines is 3. The number of aromatic carboxylic acids is 1. The molecule has 1 unspecified atom stereocenters. The standard InChI is InChI=1S/C57H62N10O6S/c1-63-48-35-41(14-17-44(48)53(62-63)45-18-20-51(68)60-55(45)70)66-31-29-65(30-32-66)28-27-64-24-21-38(22-25-64)34-37-11-15-42(16-12-37)73-33-5-7-40-13-19-50(59-52(40)56(71)72)67-26-23-39-6-4-8-43(46(39)36-67)54(69)61-57-58-47-9-2-3-10-49(47)74-57/h2-4,6,8-17,19,35,38,45H,5,7,18,20-34,36H2,1H3,(H,71,72)(H,58,61,69)(H,60,68,70). The lowest BCUT2D eigenvalue weighted by Crippen LogP contribution is -2.49. The number of para-hydroxylation sites is 1. The van der Waals surface area contributed by atoms with E-state index in [1.165, 1.54) is 35.4 Å². The van der Waals surface area contributed by atoms with Crippen molar-refractivity contribution in [1.82, 2.24) is 34.9 Å². The highest BCUT2D eigenvalue weighted by Crippen LogP contribution is 2.34. The van der Waals surface area contributed by atoms with Gasteiger partial charge in [-0.05, 0) is 141 Å². The molecule has 17 heteroatoms. The molecule has 16 nitrogen and oxygen atoms in total. The third-order valence-electron chi connectivity index (χ3n) is 15.4. The van der Waals surface area contributed by atoms with E-state index in [4.69, 9.17) is 9.84 Å². The van der Waals surface area contributed by atoms with Gasteiger partial charge in [0, 0.05) is 82.5 Å². The average Bonchev–Trinajstić information content (AvgIpc) is 3.99. The van der Waals surface area contributed by atoms with Gasteiger partial charge in [-0.25, -0.2) is 14.8 Å². The van der Waals surface area contributed by atoms with Crippen LogP contribution >= 0.6 is 11.3 Å². The number of rotatable bonds is 16. The number of amides is 3. The number of pyridine rings is 1. The van der Waals surface area contributed by atoms with Crippen LogP contribution in [0, 0.1) is 5.92 Å². The van der Waals surface area contributed by atoms with E-state index in [0.29, 0.717) is 79.8 Å². The van der Waals surface area contributed by atoms with Crippen LogP contribution in [-0.4, -0.2) is 124 Å². The summed E-state index contributed by atoms with van der Waals surface area (Å²) in [5.74, 6) is -0.108. The maximum atomic E-state index is 13.6.